The van der Waals surface area contributed by atoms with Crippen LogP contribution >= 0.6 is 0 Å². The number of halogens is 2. The number of rotatable bonds is 2. The van der Waals surface area contributed by atoms with Crippen LogP contribution in [0.15, 0.2) is 0 Å². The lowest BCUT2D eigenvalue weighted by molar-refractivity contribution is -0.129. The SMILES string of the molecule is O=C(NC1CCCNCC1)C1CCC(F)(F)CC1. The molecule has 1 aliphatic carbocycles. The lowest BCUT2D eigenvalue weighted by Crippen LogP contribution is -2.41. The molecule has 0 aromatic heterocycles. The van der Waals surface area contributed by atoms with Gasteiger partial charge in [0.15, 0.2) is 0 Å². The van der Waals surface area contributed by atoms with Crippen molar-refractivity contribution in [3.8, 4) is 0 Å². The van der Waals surface area contributed by atoms with Crippen LogP contribution in [0.25, 0.3) is 0 Å². The smallest absolute Gasteiger partial charge is 0.248 e. The minimum atomic E-state index is -2.55. The average molecular weight is 260 g/mol. The largest absolute Gasteiger partial charge is 0.353 e. The Balaban J connectivity index is 1.77. The van der Waals surface area contributed by atoms with Crippen molar-refractivity contribution in [1.82, 2.24) is 10.6 Å². The Morgan fingerprint density at radius 1 is 1.11 bits per heavy atom. The van der Waals surface area contributed by atoms with Gasteiger partial charge in [-0.2, -0.15) is 0 Å². The molecule has 0 radical (unpaired) electrons. The van der Waals surface area contributed by atoms with E-state index in [1.165, 1.54) is 0 Å². The Kier molecular flexibility index (Phi) is 4.54. The Bertz CT molecular complexity index is 279. The third-order valence-corrected chi connectivity index (χ3v) is 4.01. The molecular weight excluding hydrogens is 238 g/mol. The summed E-state index contributed by atoms with van der Waals surface area (Å²) in [4.78, 5) is 12.0. The first-order valence-corrected chi connectivity index (χ1v) is 6.96. The van der Waals surface area contributed by atoms with Crippen LogP contribution in [-0.2, 0) is 4.79 Å². The van der Waals surface area contributed by atoms with Gasteiger partial charge in [0.2, 0.25) is 11.8 Å². The van der Waals surface area contributed by atoms with Gasteiger partial charge >= 0.3 is 0 Å². The second-order valence-corrected chi connectivity index (χ2v) is 5.52. The van der Waals surface area contributed by atoms with Gasteiger partial charge in [0.1, 0.15) is 0 Å². The second-order valence-electron chi connectivity index (χ2n) is 5.52. The zero-order valence-electron chi connectivity index (χ0n) is 10.7. The van der Waals surface area contributed by atoms with E-state index in [9.17, 15) is 13.6 Å². The summed E-state index contributed by atoms with van der Waals surface area (Å²) >= 11 is 0. The third kappa shape index (κ3) is 3.90. The molecule has 2 N–H and O–H groups in total. The average Bonchev–Trinajstić information content (AvgIpc) is 2.57. The van der Waals surface area contributed by atoms with Gasteiger partial charge in [0.25, 0.3) is 0 Å². The summed E-state index contributed by atoms with van der Waals surface area (Å²) in [6.45, 7) is 1.93. The number of nitrogens with one attached hydrogen (secondary N) is 2. The van der Waals surface area contributed by atoms with Crippen LogP contribution in [0, 0.1) is 5.92 Å². The Hall–Kier alpha value is -0.710. The van der Waals surface area contributed by atoms with Crippen molar-refractivity contribution in [1.29, 1.82) is 0 Å². The van der Waals surface area contributed by atoms with Crippen molar-refractivity contribution in [3.05, 3.63) is 0 Å². The van der Waals surface area contributed by atoms with Gasteiger partial charge in [-0.1, -0.05) is 0 Å². The van der Waals surface area contributed by atoms with Gasteiger partial charge in [-0.05, 0) is 45.2 Å². The van der Waals surface area contributed by atoms with Gasteiger partial charge in [-0.15, -0.1) is 0 Å². The highest BCUT2D eigenvalue weighted by atomic mass is 19.3. The summed E-state index contributed by atoms with van der Waals surface area (Å²) < 4.78 is 26.0. The molecule has 1 aliphatic heterocycles. The molecular formula is C13H22F2N2O. The van der Waals surface area contributed by atoms with Crippen molar-refractivity contribution in [3.63, 3.8) is 0 Å². The Morgan fingerprint density at radius 2 is 1.83 bits per heavy atom. The molecule has 2 rings (SSSR count). The lowest BCUT2D eigenvalue weighted by atomic mass is 9.86. The summed E-state index contributed by atoms with van der Waals surface area (Å²) in [5.74, 6) is -2.78. The lowest BCUT2D eigenvalue weighted by Gasteiger charge is -2.28. The Labute approximate surface area is 107 Å². The zero-order valence-corrected chi connectivity index (χ0v) is 10.7. The third-order valence-electron chi connectivity index (χ3n) is 4.01. The Morgan fingerprint density at radius 3 is 2.56 bits per heavy atom. The highest BCUT2D eigenvalue weighted by Gasteiger charge is 2.37. The monoisotopic (exact) mass is 260 g/mol. The summed E-state index contributed by atoms with van der Waals surface area (Å²) in [7, 11) is 0. The predicted molar refractivity (Wildman–Crippen MR) is 65.6 cm³/mol. The van der Waals surface area contributed by atoms with Crippen LogP contribution in [0.4, 0.5) is 8.78 Å². The maximum atomic E-state index is 13.0. The minimum Gasteiger partial charge on any atom is -0.353 e. The summed E-state index contributed by atoms with van der Waals surface area (Å²) in [5.41, 5.74) is 0. The maximum absolute atomic E-state index is 13.0. The second kappa shape index (κ2) is 5.95. The van der Waals surface area contributed by atoms with Gasteiger partial charge < -0.3 is 10.6 Å². The molecule has 1 saturated carbocycles. The molecule has 0 aromatic carbocycles. The fourth-order valence-electron chi connectivity index (χ4n) is 2.78. The number of hydrogen-bond donors (Lipinski definition) is 2. The summed E-state index contributed by atoms with van der Waals surface area (Å²) in [5, 5.41) is 6.32. The quantitative estimate of drug-likeness (QED) is 0.798. The molecule has 104 valence electrons. The van der Waals surface area contributed by atoms with E-state index in [1.807, 2.05) is 0 Å². The van der Waals surface area contributed by atoms with Crippen molar-refractivity contribution in [2.75, 3.05) is 13.1 Å². The van der Waals surface area contributed by atoms with E-state index < -0.39 is 5.92 Å². The zero-order chi connectivity index (χ0) is 13.0. The molecule has 1 amide bonds. The molecule has 1 unspecified atom stereocenters. The van der Waals surface area contributed by atoms with E-state index >= 15 is 0 Å². The van der Waals surface area contributed by atoms with Gasteiger partial charge in [0.05, 0.1) is 0 Å². The highest BCUT2D eigenvalue weighted by Crippen LogP contribution is 2.36. The van der Waals surface area contributed by atoms with E-state index in [2.05, 4.69) is 10.6 Å². The van der Waals surface area contributed by atoms with E-state index in [0.717, 1.165) is 32.4 Å². The van der Waals surface area contributed by atoms with Crippen molar-refractivity contribution < 1.29 is 13.6 Å². The van der Waals surface area contributed by atoms with E-state index in [1.54, 1.807) is 0 Å². The molecule has 0 bridgehead atoms. The van der Waals surface area contributed by atoms with Crippen LogP contribution in [0.3, 0.4) is 0 Å². The van der Waals surface area contributed by atoms with Crippen molar-refractivity contribution in [2.24, 2.45) is 5.92 Å². The predicted octanol–water partition coefficient (Wildman–Crippen LogP) is 2.07. The van der Waals surface area contributed by atoms with Crippen molar-refractivity contribution >= 4 is 5.91 Å². The standard InChI is InChI=1S/C13H22F2N2O/c14-13(15)6-3-10(4-7-13)12(18)17-11-2-1-8-16-9-5-11/h10-11,16H,1-9H2,(H,17,18). The summed E-state index contributed by atoms with van der Waals surface area (Å²) in [6.07, 6.45) is 3.35. The first-order chi connectivity index (χ1) is 8.57. The van der Waals surface area contributed by atoms with Crippen LogP contribution in [0.1, 0.15) is 44.9 Å². The summed E-state index contributed by atoms with van der Waals surface area (Å²) in [6, 6.07) is 0.218. The highest BCUT2D eigenvalue weighted by molar-refractivity contribution is 5.79. The molecule has 2 fully saturated rings. The molecule has 1 atom stereocenters. The molecule has 1 heterocycles. The fourth-order valence-corrected chi connectivity index (χ4v) is 2.78. The number of alkyl halides is 2. The topological polar surface area (TPSA) is 41.1 Å². The molecule has 1 saturated heterocycles. The van der Waals surface area contributed by atoms with Gasteiger partial charge in [-0.25, -0.2) is 8.78 Å². The van der Waals surface area contributed by atoms with Gasteiger partial charge in [0, 0.05) is 24.8 Å². The number of carbonyl (C=O) groups excluding carboxylic acids is 1. The normalized spacial score (nSPS) is 29.6. The molecule has 3 nitrogen and oxygen atoms in total. The molecule has 18 heavy (non-hydrogen) atoms. The van der Waals surface area contributed by atoms with Gasteiger partial charge in [-0.3, -0.25) is 4.79 Å². The first-order valence-electron chi connectivity index (χ1n) is 6.96. The van der Waals surface area contributed by atoms with Crippen LogP contribution in [0.5, 0.6) is 0 Å². The van der Waals surface area contributed by atoms with E-state index in [-0.39, 0.29) is 30.7 Å². The van der Waals surface area contributed by atoms with Crippen LogP contribution < -0.4 is 10.6 Å². The number of amides is 1. The van der Waals surface area contributed by atoms with Crippen LogP contribution in [-0.4, -0.2) is 31.0 Å². The minimum absolute atomic E-state index is 0.0163. The van der Waals surface area contributed by atoms with E-state index in [4.69, 9.17) is 0 Å². The molecule has 5 heteroatoms. The van der Waals surface area contributed by atoms with E-state index in [0.29, 0.717) is 12.8 Å². The molecule has 0 aromatic rings. The number of carbonyl (C=O) groups is 1. The molecule has 0 spiro atoms. The fraction of sp³-hybridized carbons (Fsp3) is 0.923. The van der Waals surface area contributed by atoms with Crippen molar-refractivity contribution in [2.45, 2.75) is 56.9 Å². The maximum Gasteiger partial charge on any atom is 0.248 e. The first kappa shape index (κ1) is 13.7. The molecule has 2 aliphatic rings. The number of hydrogen-bond acceptors (Lipinski definition) is 2. The van der Waals surface area contributed by atoms with Crippen LogP contribution in [0.2, 0.25) is 0 Å².